The number of carboxylic acids is 1. The molecule has 70 valence electrons. The van der Waals surface area contributed by atoms with E-state index in [0.29, 0.717) is 12.5 Å². The van der Waals surface area contributed by atoms with Crippen LogP contribution in [-0.4, -0.2) is 41.7 Å². The Labute approximate surface area is 72.3 Å². The maximum absolute atomic E-state index is 10.3. The van der Waals surface area contributed by atoms with Crippen LogP contribution >= 0.6 is 0 Å². The zero-order valence-electron chi connectivity index (χ0n) is 7.36. The summed E-state index contributed by atoms with van der Waals surface area (Å²) in [6, 6.07) is 0.221. The van der Waals surface area contributed by atoms with Gasteiger partial charge in [-0.3, -0.25) is 4.79 Å². The summed E-state index contributed by atoms with van der Waals surface area (Å²) in [6.07, 6.45) is 0.222. The Morgan fingerprint density at radius 3 is 2.75 bits per heavy atom. The summed E-state index contributed by atoms with van der Waals surface area (Å²) < 4.78 is 0. The number of rotatable bonds is 3. The Hall–Kier alpha value is -0.610. The second-order valence-corrected chi connectivity index (χ2v) is 3.54. The van der Waals surface area contributed by atoms with E-state index in [2.05, 4.69) is 11.8 Å². The van der Waals surface area contributed by atoms with E-state index in [1.165, 1.54) is 0 Å². The first kappa shape index (κ1) is 9.48. The number of carbonyl (C=O) groups is 1. The topological polar surface area (TPSA) is 66.6 Å². The molecule has 3 N–H and O–H groups in total. The number of aliphatic carboxylic acids is 1. The Kier molecular flexibility index (Phi) is 3.05. The van der Waals surface area contributed by atoms with Crippen LogP contribution in [0.2, 0.25) is 0 Å². The lowest BCUT2D eigenvalue weighted by Gasteiger charge is -2.12. The monoisotopic (exact) mass is 172 g/mol. The van der Waals surface area contributed by atoms with Crippen LogP contribution < -0.4 is 5.73 Å². The van der Waals surface area contributed by atoms with Crippen molar-refractivity contribution in [3.05, 3.63) is 0 Å². The van der Waals surface area contributed by atoms with E-state index >= 15 is 0 Å². The average molecular weight is 172 g/mol. The number of nitrogens with two attached hydrogens (primary N) is 1. The number of nitrogens with zero attached hydrogens (tertiary/aromatic N) is 1. The third-order valence-corrected chi connectivity index (χ3v) is 2.39. The van der Waals surface area contributed by atoms with Gasteiger partial charge in [0.1, 0.15) is 0 Å². The van der Waals surface area contributed by atoms with Crippen molar-refractivity contribution < 1.29 is 9.90 Å². The summed E-state index contributed by atoms with van der Waals surface area (Å²) in [6.45, 7) is 4.52. The molecule has 4 heteroatoms. The number of carboxylic acid groups (broad SMARTS) is 1. The molecular weight excluding hydrogens is 156 g/mol. The van der Waals surface area contributed by atoms with Crippen LogP contribution in [-0.2, 0) is 4.79 Å². The van der Waals surface area contributed by atoms with Gasteiger partial charge in [-0.05, 0) is 5.92 Å². The number of hydrogen-bond donors (Lipinski definition) is 2. The highest BCUT2D eigenvalue weighted by molar-refractivity contribution is 5.66. The lowest BCUT2D eigenvalue weighted by atomic mass is 10.1. The molecule has 12 heavy (non-hydrogen) atoms. The molecule has 1 rings (SSSR count). The van der Waals surface area contributed by atoms with Crippen LogP contribution in [0.3, 0.4) is 0 Å². The first-order valence-corrected chi connectivity index (χ1v) is 4.29. The molecule has 2 atom stereocenters. The van der Waals surface area contributed by atoms with Crippen LogP contribution in [0.25, 0.3) is 0 Å². The normalized spacial score (nSPS) is 30.8. The van der Waals surface area contributed by atoms with Crippen molar-refractivity contribution in [3.8, 4) is 0 Å². The van der Waals surface area contributed by atoms with Crippen molar-refractivity contribution in [2.45, 2.75) is 19.4 Å². The van der Waals surface area contributed by atoms with Crippen molar-refractivity contribution in [1.82, 2.24) is 4.90 Å². The van der Waals surface area contributed by atoms with E-state index in [9.17, 15) is 4.79 Å². The van der Waals surface area contributed by atoms with Crippen molar-refractivity contribution in [2.75, 3.05) is 19.6 Å². The molecule has 1 aliphatic rings. The molecule has 1 saturated heterocycles. The van der Waals surface area contributed by atoms with Crippen LogP contribution in [0.4, 0.5) is 0 Å². The fourth-order valence-corrected chi connectivity index (χ4v) is 1.53. The van der Waals surface area contributed by atoms with E-state index in [4.69, 9.17) is 10.8 Å². The largest absolute Gasteiger partial charge is 0.481 e. The first-order valence-electron chi connectivity index (χ1n) is 4.29. The standard InChI is InChI=1S/C8H16N2O2/c1-6-4-10(5-7(6)9)3-2-8(11)12/h6-7H,2-5,9H2,1H3,(H,11,12). The molecule has 1 aliphatic heterocycles. The third-order valence-electron chi connectivity index (χ3n) is 2.39. The summed E-state index contributed by atoms with van der Waals surface area (Å²) >= 11 is 0. The third kappa shape index (κ3) is 2.46. The maximum Gasteiger partial charge on any atom is 0.304 e. The molecular formula is C8H16N2O2. The maximum atomic E-state index is 10.3. The summed E-state index contributed by atoms with van der Waals surface area (Å²) in [5, 5.41) is 8.45. The highest BCUT2D eigenvalue weighted by Gasteiger charge is 2.26. The molecule has 0 spiro atoms. The SMILES string of the molecule is CC1CN(CCC(=O)O)CC1N. The van der Waals surface area contributed by atoms with Crippen LogP contribution in [0.1, 0.15) is 13.3 Å². The van der Waals surface area contributed by atoms with Gasteiger partial charge in [0.2, 0.25) is 0 Å². The van der Waals surface area contributed by atoms with Crippen LogP contribution in [0.5, 0.6) is 0 Å². The molecule has 0 aromatic carbocycles. The minimum atomic E-state index is -0.733. The van der Waals surface area contributed by atoms with Gasteiger partial charge in [0, 0.05) is 25.7 Å². The van der Waals surface area contributed by atoms with E-state index in [1.54, 1.807) is 0 Å². The smallest absolute Gasteiger partial charge is 0.304 e. The van der Waals surface area contributed by atoms with Gasteiger partial charge >= 0.3 is 5.97 Å². The molecule has 0 radical (unpaired) electrons. The Bertz CT molecular complexity index is 162. The number of hydrogen-bond acceptors (Lipinski definition) is 3. The predicted octanol–water partition coefficient (Wildman–Crippen LogP) is -0.260. The molecule has 4 nitrogen and oxygen atoms in total. The summed E-state index contributed by atoms with van der Waals surface area (Å²) in [4.78, 5) is 12.4. The van der Waals surface area contributed by atoms with E-state index in [0.717, 1.165) is 13.1 Å². The lowest BCUT2D eigenvalue weighted by Crippen LogP contribution is -2.29. The van der Waals surface area contributed by atoms with E-state index < -0.39 is 5.97 Å². The van der Waals surface area contributed by atoms with Gasteiger partial charge in [0.15, 0.2) is 0 Å². The fourth-order valence-electron chi connectivity index (χ4n) is 1.53. The lowest BCUT2D eigenvalue weighted by molar-refractivity contribution is -0.137. The first-order chi connectivity index (χ1) is 5.59. The molecule has 0 aromatic rings. The Morgan fingerprint density at radius 1 is 1.67 bits per heavy atom. The molecule has 0 aliphatic carbocycles. The molecule has 0 amide bonds. The predicted molar refractivity (Wildman–Crippen MR) is 45.8 cm³/mol. The Morgan fingerprint density at radius 2 is 2.33 bits per heavy atom. The summed E-state index contributed by atoms with van der Waals surface area (Å²) in [5.41, 5.74) is 5.79. The van der Waals surface area contributed by atoms with Gasteiger partial charge in [0.25, 0.3) is 0 Å². The Balaban J connectivity index is 2.23. The van der Waals surface area contributed by atoms with Crippen molar-refractivity contribution in [1.29, 1.82) is 0 Å². The van der Waals surface area contributed by atoms with Gasteiger partial charge in [-0.2, -0.15) is 0 Å². The second kappa shape index (κ2) is 3.87. The highest BCUT2D eigenvalue weighted by Crippen LogP contribution is 2.13. The minimum absolute atomic E-state index is 0.221. The second-order valence-electron chi connectivity index (χ2n) is 3.54. The van der Waals surface area contributed by atoms with Gasteiger partial charge in [-0.15, -0.1) is 0 Å². The molecule has 2 unspecified atom stereocenters. The average Bonchev–Trinajstić information content (AvgIpc) is 2.28. The van der Waals surface area contributed by atoms with Crippen LogP contribution in [0, 0.1) is 5.92 Å². The van der Waals surface area contributed by atoms with Crippen molar-refractivity contribution >= 4 is 5.97 Å². The fraction of sp³-hybridized carbons (Fsp3) is 0.875. The molecule has 1 fully saturated rings. The van der Waals surface area contributed by atoms with Crippen LogP contribution in [0.15, 0.2) is 0 Å². The van der Waals surface area contributed by atoms with Gasteiger partial charge in [0.05, 0.1) is 6.42 Å². The summed E-state index contributed by atoms with van der Waals surface area (Å²) in [5.74, 6) is -0.234. The van der Waals surface area contributed by atoms with Gasteiger partial charge in [-0.25, -0.2) is 0 Å². The van der Waals surface area contributed by atoms with E-state index in [1.807, 2.05) is 0 Å². The molecule has 0 saturated carbocycles. The zero-order chi connectivity index (χ0) is 9.14. The quantitative estimate of drug-likeness (QED) is 0.615. The number of likely N-dealkylation sites (tertiary alicyclic amines) is 1. The molecule has 0 bridgehead atoms. The van der Waals surface area contributed by atoms with Crippen molar-refractivity contribution in [3.63, 3.8) is 0 Å². The highest BCUT2D eigenvalue weighted by atomic mass is 16.4. The molecule has 0 aromatic heterocycles. The van der Waals surface area contributed by atoms with Crippen molar-refractivity contribution in [2.24, 2.45) is 11.7 Å². The van der Waals surface area contributed by atoms with Gasteiger partial charge in [-0.1, -0.05) is 6.92 Å². The molecule has 1 heterocycles. The summed E-state index contributed by atoms with van der Waals surface area (Å²) in [7, 11) is 0. The van der Waals surface area contributed by atoms with Gasteiger partial charge < -0.3 is 15.7 Å². The van der Waals surface area contributed by atoms with E-state index in [-0.39, 0.29) is 12.5 Å². The zero-order valence-corrected chi connectivity index (χ0v) is 7.36. The minimum Gasteiger partial charge on any atom is -0.481 e.